The Morgan fingerprint density at radius 1 is 0.969 bits per heavy atom. The summed E-state index contributed by atoms with van der Waals surface area (Å²) in [7, 11) is 0. The summed E-state index contributed by atoms with van der Waals surface area (Å²) in [4.78, 5) is 28.3. The van der Waals surface area contributed by atoms with E-state index in [1.54, 1.807) is 31.2 Å². The van der Waals surface area contributed by atoms with Crippen molar-refractivity contribution in [1.82, 2.24) is 0 Å². The molecule has 160 valence electrons. The second-order valence-electron chi connectivity index (χ2n) is 8.06. The van der Waals surface area contributed by atoms with Gasteiger partial charge in [-0.05, 0) is 62.2 Å². The number of para-hydroxylation sites is 1. The number of hydrogen-bond donors (Lipinski definition) is 1. The number of carbonyl (C=O) groups excluding carboxylic acids is 2. The predicted molar refractivity (Wildman–Crippen MR) is 120 cm³/mol. The van der Waals surface area contributed by atoms with Gasteiger partial charge in [0.1, 0.15) is 23.1 Å². The lowest BCUT2D eigenvalue weighted by Crippen LogP contribution is -2.31. The predicted octanol–water partition coefficient (Wildman–Crippen LogP) is 5.73. The van der Waals surface area contributed by atoms with Crippen LogP contribution in [0.4, 0.5) is 5.69 Å². The van der Waals surface area contributed by atoms with Crippen LogP contribution in [0.15, 0.2) is 80.8 Å². The van der Waals surface area contributed by atoms with Crippen LogP contribution in [0.2, 0.25) is 0 Å². The third-order valence-corrected chi connectivity index (χ3v) is 5.76. The lowest BCUT2D eigenvalue weighted by Gasteiger charge is -2.26. The third kappa shape index (κ3) is 3.03. The van der Waals surface area contributed by atoms with Crippen molar-refractivity contribution in [2.24, 2.45) is 0 Å². The lowest BCUT2D eigenvalue weighted by atomic mass is 9.98. The number of Topliss-reactive ketones (excluding diaryl/α,β-unsaturated/α-hetero) is 1. The van der Waals surface area contributed by atoms with Crippen molar-refractivity contribution >= 4 is 28.3 Å². The number of ketones is 1. The molecule has 6 nitrogen and oxygen atoms in total. The van der Waals surface area contributed by atoms with E-state index in [-0.39, 0.29) is 11.3 Å². The molecule has 0 spiro atoms. The molecule has 3 heterocycles. The molecule has 32 heavy (non-hydrogen) atoms. The van der Waals surface area contributed by atoms with E-state index >= 15 is 0 Å². The number of carbonyl (C=O) groups is 2. The van der Waals surface area contributed by atoms with E-state index in [1.165, 1.54) is 4.90 Å². The zero-order valence-electron chi connectivity index (χ0n) is 17.9. The van der Waals surface area contributed by atoms with Crippen molar-refractivity contribution in [3.8, 4) is 0 Å². The molecule has 0 radical (unpaired) electrons. The molecule has 1 amide bonds. The van der Waals surface area contributed by atoms with Gasteiger partial charge in [-0.1, -0.05) is 30.3 Å². The minimum Gasteiger partial charge on any atom is -0.503 e. The number of nitrogens with zero attached hydrogens (tertiary/aromatic N) is 1. The third-order valence-electron chi connectivity index (χ3n) is 5.76. The van der Waals surface area contributed by atoms with Gasteiger partial charge in [-0.2, -0.15) is 0 Å². The largest absolute Gasteiger partial charge is 0.503 e. The highest BCUT2D eigenvalue weighted by atomic mass is 16.4. The Bertz CT molecular complexity index is 1390. The van der Waals surface area contributed by atoms with Crippen molar-refractivity contribution in [2.45, 2.75) is 26.8 Å². The lowest BCUT2D eigenvalue weighted by molar-refractivity contribution is -0.117. The molecule has 1 aliphatic rings. The molecule has 0 saturated carbocycles. The first kappa shape index (κ1) is 19.9. The van der Waals surface area contributed by atoms with Gasteiger partial charge in [-0.15, -0.1) is 0 Å². The van der Waals surface area contributed by atoms with E-state index in [4.69, 9.17) is 8.83 Å². The van der Waals surface area contributed by atoms with E-state index in [0.717, 1.165) is 16.5 Å². The number of aliphatic hydroxyl groups is 1. The molecule has 1 atom stereocenters. The Kier molecular flexibility index (Phi) is 4.51. The van der Waals surface area contributed by atoms with E-state index < -0.39 is 23.5 Å². The Labute approximate surface area is 184 Å². The van der Waals surface area contributed by atoms with Crippen LogP contribution in [0, 0.1) is 20.8 Å². The van der Waals surface area contributed by atoms with Gasteiger partial charge in [0.25, 0.3) is 5.91 Å². The Morgan fingerprint density at radius 2 is 1.75 bits per heavy atom. The maximum atomic E-state index is 13.6. The quantitative estimate of drug-likeness (QED) is 0.420. The highest BCUT2D eigenvalue weighted by Crippen LogP contribution is 2.43. The number of anilines is 1. The number of benzene rings is 2. The van der Waals surface area contributed by atoms with Crippen LogP contribution in [0.1, 0.15) is 39.2 Å². The summed E-state index contributed by atoms with van der Waals surface area (Å²) in [6.07, 6.45) is 0. The summed E-state index contributed by atoms with van der Waals surface area (Å²) in [5.74, 6) is -0.737. The molecule has 0 bridgehead atoms. The summed E-state index contributed by atoms with van der Waals surface area (Å²) in [6.45, 7) is 5.58. The fourth-order valence-corrected chi connectivity index (χ4v) is 4.16. The first-order chi connectivity index (χ1) is 15.3. The smallest absolute Gasteiger partial charge is 0.294 e. The fourth-order valence-electron chi connectivity index (χ4n) is 4.16. The summed E-state index contributed by atoms with van der Waals surface area (Å²) in [5, 5.41) is 11.6. The first-order valence-electron chi connectivity index (χ1n) is 10.3. The molecule has 0 fully saturated rings. The van der Waals surface area contributed by atoms with Gasteiger partial charge in [0.2, 0.25) is 5.78 Å². The molecule has 1 N–H and O–H groups in total. The van der Waals surface area contributed by atoms with Gasteiger partial charge >= 0.3 is 0 Å². The normalized spacial score (nSPS) is 16.4. The molecule has 4 aromatic rings. The van der Waals surface area contributed by atoms with E-state index in [9.17, 15) is 14.7 Å². The number of furan rings is 2. The summed E-state index contributed by atoms with van der Waals surface area (Å²) in [6, 6.07) is 17.1. The molecule has 0 aliphatic carbocycles. The highest BCUT2D eigenvalue weighted by molar-refractivity contribution is 6.20. The minimum atomic E-state index is -0.919. The van der Waals surface area contributed by atoms with Crippen LogP contribution in [-0.4, -0.2) is 16.8 Å². The summed E-state index contributed by atoms with van der Waals surface area (Å²) < 4.78 is 11.6. The van der Waals surface area contributed by atoms with Crippen LogP contribution in [0.3, 0.4) is 0 Å². The van der Waals surface area contributed by atoms with Gasteiger partial charge in [0, 0.05) is 11.1 Å². The average molecular weight is 427 g/mol. The molecule has 2 aromatic carbocycles. The zero-order chi connectivity index (χ0) is 22.6. The number of hydrogen-bond acceptors (Lipinski definition) is 5. The molecule has 2 aromatic heterocycles. The van der Waals surface area contributed by atoms with Crippen molar-refractivity contribution in [2.75, 3.05) is 4.90 Å². The zero-order valence-corrected chi connectivity index (χ0v) is 17.9. The molecule has 1 aliphatic heterocycles. The summed E-state index contributed by atoms with van der Waals surface area (Å²) >= 11 is 0. The SMILES string of the molecule is Cc1ccc(C)c(N2C(=O)C(O)=C(C(=O)c3cc4ccccc4o3)C2c2ccc(C)o2)c1. The number of aliphatic hydroxyl groups excluding tert-OH is 1. The molecule has 1 unspecified atom stereocenters. The average Bonchev–Trinajstić information content (AvgIpc) is 3.46. The molecule has 5 rings (SSSR count). The monoisotopic (exact) mass is 427 g/mol. The second kappa shape index (κ2) is 7.27. The Hall–Kier alpha value is -4.06. The van der Waals surface area contributed by atoms with Crippen molar-refractivity contribution < 1.29 is 23.5 Å². The van der Waals surface area contributed by atoms with Gasteiger partial charge in [0.05, 0.1) is 5.57 Å². The maximum Gasteiger partial charge on any atom is 0.294 e. The Morgan fingerprint density at radius 3 is 2.47 bits per heavy atom. The van der Waals surface area contributed by atoms with Gasteiger partial charge in [-0.3, -0.25) is 14.5 Å². The summed E-state index contributed by atoms with van der Waals surface area (Å²) in [5.41, 5.74) is 2.88. The van der Waals surface area contributed by atoms with Gasteiger partial charge < -0.3 is 13.9 Å². The van der Waals surface area contributed by atoms with Crippen LogP contribution >= 0.6 is 0 Å². The molecule has 0 saturated heterocycles. The minimum absolute atomic E-state index is 0.0524. The maximum absolute atomic E-state index is 13.6. The Balaban J connectivity index is 1.68. The van der Waals surface area contributed by atoms with Gasteiger partial charge in [0.15, 0.2) is 11.5 Å². The topological polar surface area (TPSA) is 83.9 Å². The van der Waals surface area contributed by atoms with E-state index in [0.29, 0.717) is 22.8 Å². The van der Waals surface area contributed by atoms with Crippen molar-refractivity contribution in [1.29, 1.82) is 0 Å². The van der Waals surface area contributed by atoms with E-state index in [1.807, 2.05) is 50.2 Å². The fraction of sp³-hybridized carbons (Fsp3) is 0.154. The molecule has 6 heteroatoms. The van der Waals surface area contributed by atoms with Crippen molar-refractivity contribution in [3.63, 3.8) is 0 Å². The first-order valence-corrected chi connectivity index (χ1v) is 10.3. The number of aryl methyl sites for hydroxylation is 3. The second-order valence-corrected chi connectivity index (χ2v) is 8.06. The van der Waals surface area contributed by atoms with Crippen LogP contribution in [0.25, 0.3) is 11.0 Å². The van der Waals surface area contributed by atoms with Crippen LogP contribution < -0.4 is 4.90 Å². The van der Waals surface area contributed by atoms with Crippen LogP contribution in [-0.2, 0) is 4.79 Å². The van der Waals surface area contributed by atoms with Gasteiger partial charge in [-0.25, -0.2) is 0 Å². The standard InChI is InChI=1S/C26H21NO5/c1-14-8-9-15(2)18(12-14)27-23(20-11-10-16(3)31-20)22(25(29)26(27)30)24(28)21-13-17-6-4-5-7-19(17)32-21/h4-13,23,29H,1-3H3. The molecular formula is C26H21NO5. The number of amides is 1. The number of fused-ring (bicyclic) bond motifs is 1. The van der Waals surface area contributed by atoms with E-state index in [2.05, 4.69) is 0 Å². The number of rotatable bonds is 4. The highest BCUT2D eigenvalue weighted by Gasteiger charge is 2.47. The van der Waals surface area contributed by atoms with Crippen molar-refractivity contribution in [3.05, 3.63) is 100 Å². The van der Waals surface area contributed by atoms with Crippen LogP contribution in [0.5, 0.6) is 0 Å². The molecular weight excluding hydrogens is 406 g/mol.